The molecular weight excluding hydrogens is 989 g/mol. The molecule has 0 aromatic carbocycles. The second kappa shape index (κ2) is 49.5. The lowest BCUT2D eigenvalue weighted by atomic mass is 10.1. The van der Waals surface area contributed by atoms with Crippen molar-refractivity contribution in [3.63, 3.8) is 0 Å². The minimum atomic E-state index is -2.84. The van der Waals surface area contributed by atoms with Gasteiger partial charge < -0.3 is 84.3 Å². The monoisotopic (exact) mass is 1100 g/mol. The maximum atomic E-state index is 6.52. The summed E-state index contributed by atoms with van der Waals surface area (Å²) < 4.78 is 81.0. The van der Waals surface area contributed by atoms with E-state index in [1.54, 1.807) is 56.9 Å². The predicted molar refractivity (Wildman–Crippen MR) is 299 cm³/mol. The Kier molecular flexibility index (Phi) is 56.2. The molecule has 0 spiro atoms. The van der Waals surface area contributed by atoms with Crippen LogP contribution in [0.2, 0.25) is 48.9 Å². The molecule has 18 nitrogen and oxygen atoms in total. The highest BCUT2D eigenvalue weighted by molar-refractivity contribution is 6.75. The molecule has 0 aliphatic heterocycles. The Hall–Kier alpha value is 0.581. The third-order valence-corrected chi connectivity index (χ3v) is 32.3. The number of hydrogen-bond donors (Lipinski definition) is 4. The summed E-state index contributed by atoms with van der Waals surface area (Å²) in [5.41, 5.74) is 22.4. The Morgan fingerprint density at radius 3 is 0.971 bits per heavy atom. The van der Waals surface area contributed by atoms with Crippen LogP contribution in [0.3, 0.4) is 0 Å². The van der Waals surface area contributed by atoms with E-state index in [1.807, 2.05) is 27.7 Å². The predicted octanol–water partition coefficient (Wildman–Crippen LogP) is 9.02. The minimum absolute atomic E-state index is 0. The Bertz CT molecular complexity index is 996. The summed E-state index contributed by atoms with van der Waals surface area (Å²) in [5, 5.41) is 0. The zero-order valence-corrected chi connectivity index (χ0v) is 53.0. The van der Waals surface area contributed by atoms with E-state index in [4.69, 9.17) is 84.3 Å². The van der Waals surface area contributed by atoms with Gasteiger partial charge in [0.25, 0.3) is 0 Å². The Morgan fingerprint density at radius 1 is 0.377 bits per heavy atom. The largest absolute Gasteiger partial charge is 0.493 e. The van der Waals surface area contributed by atoms with Gasteiger partial charge in [-0.3, -0.25) is 0 Å². The van der Waals surface area contributed by atoms with E-state index in [9.17, 15) is 0 Å². The summed E-state index contributed by atoms with van der Waals surface area (Å²) in [6, 6.07) is 6.05. The van der Waals surface area contributed by atoms with Crippen LogP contribution in [0, 0.1) is 5.92 Å². The van der Waals surface area contributed by atoms with Gasteiger partial charge in [0.15, 0.2) is 0 Å². The Balaban J connectivity index is -0.000000270. The van der Waals surface area contributed by atoms with Crippen molar-refractivity contribution in [1.29, 1.82) is 0 Å². The summed E-state index contributed by atoms with van der Waals surface area (Å²) >= 11 is 0. The molecule has 0 saturated carbocycles. The van der Waals surface area contributed by atoms with Gasteiger partial charge in [-0.25, -0.2) is 0 Å². The van der Waals surface area contributed by atoms with Gasteiger partial charge in [-0.15, -0.1) is 0 Å². The maximum Gasteiger partial charge on any atom is 0.493 e. The first-order chi connectivity index (χ1) is 32.5. The van der Waals surface area contributed by atoms with Gasteiger partial charge in [-0.1, -0.05) is 67.2 Å². The highest BCUT2D eigenvalue weighted by Gasteiger charge is 2.53. The second-order valence-electron chi connectivity index (χ2n) is 16.4. The normalized spacial score (nSPS) is 12.8. The van der Waals surface area contributed by atoms with Gasteiger partial charge in [-0.05, 0) is 123 Å². The van der Waals surface area contributed by atoms with Crippen LogP contribution in [-0.2, 0) is 61.3 Å². The van der Waals surface area contributed by atoms with Gasteiger partial charge in [-0.2, -0.15) is 0 Å². The quantitative estimate of drug-likeness (QED) is 0.0417. The molecule has 24 heteroatoms. The van der Waals surface area contributed by atoms with E-state index in [0.717, 1.165) is 88.3 Å². The SMILES string of the molecule is C.CCCC(CN)C[Si](C)(OC)OC.CCCC[Si](CCCN)(OC)OC.CCCC[Si](OC)(OC)O[Si](CCCN)(OC)OC.CCCC[Si](OCC)(OCC)O[Si](CCCN)(OCC)OCC. The van der Waals surface area contributed by atoms with Crippen molar-refractivity contribution in [2.45, 2.75) is 182 Å². The first-order valence-corrected chi connectivity index (χ1v) is 38.2. The van der Waals surface area contributed by atoms with Crippen molar-refractivity contribution in [3.8, 4) is 0 Å². The van der Waals surface area contributed by atoms with E-state index in [1.165, 1.54) is 25.7 Å². The molecule has 8 N–H and O–H groups in total. The van der Waals surface area contributed by atoms with Crippen LogP contribution in [0.4, 0.5) is 0 Å². The minimum Gasteiger partial charge on any atom is -0.398 e. The van der Waals surface area contributed by atoms with Crippen LogP contribution in [0.25, 0.3) is 0 Å². The Morgan fingerprint density at radius 2 is 0.681 bits per heavy atom. The van der Waals surface area contributed by atoms with E-state index in [2.05, 4.69) is 34.2 Å². The zero-order chi connectivity index (χ0) is 52.9. The molecule has 0 fully saturated rings. The highest BCUT2D eigenvalue weighted by Crippen LogP contribution is 2.30. The van der Waals surface area contributed by atoms with Gasteiger partial charge in [0.2, 0.25) is 0 Å². The number of nitrogens with two attached hydrogens (primary N) is 4. The molecule has 0 aliphatic carbocycles. The van der Waals surface area contributed by atoms with Gasteiger partial charge in [0.1, 0.15) is 0 Å². The topological polar surface area (TPSA) is 233 Å². The van der Waals surface area contributed by atoms with Gasteiger partial charge >= 0.3 is 52.3 Å². The summed E-state index contributed by atoms with van der Waals surface area (Å²) in [6.45, 7) is 23.5. The molecule has 1 unspecified atom stereocenters. The molecule has 0 aliphatic rings. The van der Waals surface area contributed by atoms with Gasteiger partial charge in [0.05, 0.1) is 0 Å². The van der Waals surface area contributed by atoms with E-state index < -0.39 is 52.3 Å². The van der Waals surface area contributed by atoms with Crippen LogP contribution in [0.15, 0.2) is 0 Å². The second-order valence-corrected chi connectivity index (χ2v) is 35.4. The lowest BCUT2D eigenvalue weighted by Gasteiger charge is -2.38. The first kappa shape index (κ1) is 78.5. The van der Waals surface area contributed by atoms with E-state index in [0.29, 0.717) is 57.5 Å². The average Bonchev–Trinajstić information content (AvgIpc) is 3.36. The average molecular weight is 1110 g/mol. The molecular formula is C45H116N4O14Si6. The van der Waals surface area contributed by atoms with Crippen molar-refractivity contribution >= 4 is 52.3 Å². The van der Waals surface area contributed by atoms with Crippen molar-refractivity contribution in [3.05, 3.63) is 0 Å². The van der Waals surface area contributed by atoms with Gasteiger partial charge in [0, 0.05) is 107 Å². The third-order valence-electron chi connectivity index (χ3n) is 11.3. The fourth-order valence-corrected chi connectivity index (χ4v) is 26.1. The fourth-order valence-electron chi connectivity index (χ4n) is 7.13. The number of hydrogen-bond acceptors (Lipinski definition) is 18. The number of unbranched alkanes of at least 4 members (excludes halogenated alkanes) is 3. The van der Waals surface area contributed by atoms with E-state index in [-0.39, 0.29) is 7.43 Å². The van der Waals surface area contributed by atoms with Crippen LogP contribution in [0.5, 0.6) is 0 Å². The Labute approximate surface area is 432 Å². The number of rotatable bonds is 43. The molecule has 0 rings (SSSR count). The van der Waals surface area contributed by atoms with Crippen LogP contribution in [-0.4, -0.2) is 162 Å². The summed E-state index contributed by atoms with van der Waals surface area (Å²) in [7, 11) is -1.44. The standard InChI is InChI=1S/C15H37NO5Si2.C11H29NO5Si2.2C9H23NO2Si.CH4/c1-6-11-14-22(17-7-2,18-8-3)21-23(19-9-4,20-10-5)15-12-13-16;1-6-7-10-18(13-2,14-3)17-19(15-4,16-5)11-8-9-12;1-5-6-9(7-10)8-13(4,11-2)12-3;1-4-5-8-13(11-2,12-3)9-6-7-10;/h6-16H2,1-5H3;6-12H2,1-5H3;9H,5-8,10H2,1-4H3;4-10H2,1-3H3;1H4. The lowest BCUT2D eigenvalue weighted by Crippen LogP contribution is -2.59. The van der Waals surface area contributed by atoms with Crippen molar-refractivity contribution in [1.82, 2.24) is 0 Å². The molecule has 0 radical (unpaired) electrons. The lowest BCUT2D eigenvalue weighted by molar-refractivity contribution is 0.0489. The maximum absolute atomic E-state index is 6.52. The van der Waals surface area contributed by atoms with Crippen LogP contribution >= 0.6 is 0 Å². The molecule has 1 atom stereocenters. The van der Waals surface area contributed by atoms with Crippen LogP contribution < -0.4 is 22.9 Å². The van der Waals surface area contributed by atoms with E-state index >= 15 is 0 Å². The zero-order valence-electron chi connectivity index (χ0n) is 47.0. The molecule has 0 bridgehead atoms. The molecule has 0 saturated heterocycles. The molecule has 0 aromatic rings. The molecule has 424 valence electrons. The third kappa shape index (κ3) is 35.5. The van der Waals surface area contributed by atoms with Crippen molar-refractivity contribution in [2.24, 2.45) is 28.9 Å². The molecule has 0 amide bonds. The highest BCUT2D eigenvalue weighted by atomic mass is 28.5. The molecule has 0 heterocycles. The molecule has 0 aromatic heterocycles. The molecule has 69 heavy (non-hydrogen) atoms. The summed E-state index contributed by atoms with van der Waals surface area (Å²) in [6.07, 6.45) is 11.5. The fraction of sp³-hybridized carbons (Fsp3) is 1.00. The van der Waals surface area contributed by atoms with Crippen LogP contribution in [0.1, 0.15) is 133 Å². The van der Waals surface area contributed by atoms with Crippen molar-refractivity contribution in [2.75, 3.05) is 109 Å². The van der Waals surface area contributed by atoms with Crippen molar-refractivity contribution < 1.29 is 61.3 Å². The smallest absolute Gasteiger partial charge is 0.398 e. The summed E-state index contributed by atoms with van der Waals surface area (Å²) in [4.78, 5) is 0. The first-order valence-electron chi connectivity index (χ1n) is 25.7. The summed E-state index contributed by atoms with van der Waals surface area (Å²) in [5.74, 6) is 0.557.